The largest absolute Gasteiger partial charge is 0.476 e. The summed E-state index contributed by atoms with van der Waals surface area (Å²) in [6.45, 7) is 1.08. The van der Waals surface area contributed by atoms with E-state index in [-0.39, 0.29) is 24.2 Å². The summed E-state index contributed by atoms with van der Waals surface area (Å²) >= 11 is 1.23. The van der Waals surface area contributed by atoms with Crippen LogP contribution in [0.3, 0.4) is 0 Å². The number of hydrogen-bond acceptors (Lipinski definition) is 5. The zero-order chi connectivity index (χ0) is 14.4. The number of ether oxygens (including phenoxy) is 1. The maximum absolute atomic E-state index is 11.7. The summed E-state index contributed by atoms with van der Waals surface area (Å²) in [7, 11) is 0. The molecule has 1 atom stereocenters. The van der Waals surface area contributed by atoms with Crippen LogP contribution in [0.25, 0.3) is 0 Å². The van der Waals surface area contributed by atoms with Gasteiger partial charge in [0, 0.05) is 18.4 Å². The van der Waals surface area contributed by atoms with Gasteiger partial charge < -0.3 is 15.2 Å². The van der Waals surface area contributed by atoms with E-state index < -0.39 is 5.97 Å². The molecule has 0 bridgehead atoms. The monoisotopic (exact) mass is 298 g/mol. The normalized spacial score (nSPS) is 18.7. The Balaban J connectivity index is 1.67. The summed E-state index contributed by atoms with van der Waals surface area (Å²) in [5.41, 5.74) is 0.0230. The first-order valence-electron chi connectivity index (χ1n) is 6.71. The molecular formula is C13H18N2O4S. The Labute approximate surface area is 121 Å². The predicted molar refractivity (Wildman–Crippen MR) is 73.7 cm³/mol. The van der Waals surface area contributed by atoms with Crippen molar-refractivity contribution in [1.29, 1.82) is 0 Å². The molecule has 110 valence electrons. The molecule has 1 aromatic heterocycles. The molecule has 2 rings (SSSR count). The fourth-order valence-electron chi connectivity index (χ4n) is 2.08. The van der Waals surface area contributed by atoms with Crippen LogP contribution in [0, 0.1) is 0 Å². The third-order valence-electron chi connectivity index (χ3n) is 3.18. The molecule has 1 unspecified atom stereocenters. The first kappa shape index (κ1) is 14.9. The molecule has 0 saturated carbocycles. The maximum Gasteiger partial charge on any atom is 0.355 e. The lowest BCUT2D eigenvalue weighted by Crippen LogP contribution is -2.26. The van der Waals surface area contributed by atoms with Crippen molar-refractivity contribution in [3.63, 3.8) is 0 Å². The Bertz CT molecular complexity index is 469. The van der Waals surface area contributed by atoms with Crippen LogP contribution in [-0.4, -0.2) is 34.7 Å². The lowest BCUT2D eigenvalue weighted by molar-refractivity contribution is -0.122. The number of amides is 1. The van der Waals surface area contributed by atoms with Gasteiger partial charge in [-0.05, 0) is 25.7 Å². The second-order valence-electron chi connectivity index (χ2n) is 4.74. The minimum Gasteiger partial charge on any atom is -0.476 e. The Hall–Kier alpha value is -1.47. The highest BCUT2D eigenvalue weighted by molar-refractivity contribution is 7.09. The summed E-state index contributed by atoms with van der Waals surface area (Å²) in [6.07, 6.45) is 4.68. The Morgan fingerprint density at radius 1 is 1.50 bits per heavy atom. The highest BCUT2D eigenvalue weighted by Gasteiger charge is 2.15. The topological polar surface area (TPSA) is 88.5 Å². The number of carboxylic acid groups (broad SMARTS) is 1. The zero-order valence-corrected chi connectivity index (χ0v) is 11.9. The minimum atomic E-state index is -1.05. The molecule has 6 nitrogen and oxygen atoms in total. The second kappa shape index (κ2) is 7.35. The minimum absolute atomic E-state index is 0.0230. The summed E-state index contributed by atoms with van der Waals surface area (Å²) in [6, 6.07) is 0. The van der Waals surface area contributed by atoms with Gasteiger partial charge in [0.2, 0.25) is 5.91 Å². The molecule has 1 aliphatic rings. The summed E-state index contributed by atoms with van der Waals surface area (Å²) < 4.78 is 5.57. The maximum atomic E-state index is 11.7. The standard InChI is InChI=1S/C13H18N2O4S/c16-11(5-4-9-3-1-2-6-19-9)14-7-12-15-10(8-20-12)13(17)18/h8-9H,1-7H2,(H,14,16)(H,17,18). The van der Waals surface area contributed by atoms with Crippen molar-refractivity contribution in [1.82, 2.24) is 10.3 Å². The van der Waals surface area contributed by atoms with E-state index in [1.807, 2.05) is 0 Å². The van der Waals surface area contributed by atoms with E-state index in [0.29, 0.717) is 11.4 Å². The third-order valence-corrected chi connectivity index (χ3v) is 4.02. The van der Waals surface area contributed by atoms with E-state index in [4.69, 9.17) is 9.84 Å². The molecule has 1 aliphatic heterocycles. The summed E-state index contributed by atoms with van der Waals surface area (Å²) in [4.78, 5) is 26.3. The lowest BCUT2D eigenvalue weighted by atomic mass is 10.0. The van der Waals surface area contributed by atoms with Crippen molar-refractivity contribution in [2.24, 2.45) is 0 Å². The molecule has 1 aromatic rings. The number of nitrogens with one attached hydrogen (secondary N) is 1. The summed E-state index contributed by atoms with van der Waals surface area (Å²) in [5, 5.41) is 13.6. The molecule has 1 amide bonds. The lowest BCUT2D eigenvalue weighted by Gasteiger charge is -2.22. The molecular weight excluding hydrogens is 280 g/mol. The summed E-state index contributed by atoms with van der Waals surface area (Å²) in [5.74, 6) is -1.10. The van der Waals surface area contributed by atoms with Crippen molar-refractivity contribution in [3.8, 4) is 0 Å². The molecule has 7 heteroatoms. The van der Waals surface area contributed by atoms with Gasteiger partial charge in [-0.2, -0.15) is 0 Å². The molecule has 1 fully saturated rings. The fraction of sp³-hybridized carbons (Fsp3) is 0.615. The van der Waals surface area contributed by atoms with Crippen LogP contribution in [0.15, 0.2) is 5.38 Å². The number of rotatable bonds is 6. The van der Waals surface area contributed by atoms with E-state index in [0.717, 1.165) is 25.9 Å². The average molecular weight is 298 g/mol. The van der Waals surface area contributed by atoms with E-state index in [9.17, 15) is 9.59 Å². The molecule has 2 heterocycles. The van der Waals surface area contributed by atoms with Gasteiger partial charge in [0.1, 0.15) is 5.01 Å². The van der Waals surface area contributed by atoms with Gasteiger partial charge in [0.05, 0.1) is 12.6 Å². The van der Waals surface area contributed by atoms with Crippen LogP contribution in [0.1, 0.15) is 47.6 Å². The molecule has 0 spiro atoms. The van der Waals surface area contributed by atoms with E-state index >= 15 is 0 Å². The number of carbonyl (C=O) groups is 2. The number of hydrogen-bond donors (Lipinski definition) is 2. The van der Waals surface area contributed by atoms with Crippen molar-refractivity contribution in [3.05, 3.63) is 16.1 Å². The Morgan fingerprint density at radius 3 is 3.00 bits per heavy atom. The Kier molecular flexibility index (Phi) is 5.49. The van der Waals surface area contributed by atoms with E-state index in [1.54, 1.807) is 0 Å². The van der Waals surface area contributed by atoms with Gasteiger partial charge >= 0.3 is 5.97 Å². The van der Waals surface area contributed by atoms with Gasteiger partial charge in [-0.25, -0.2) is 9.78 Å². The molecule has 20 heavy (non-hydrogen) atoms. The number of carboxylic acids is 1. The number of carbonyl (C=O) groups excluding carboxylic acids is 1. The molecule has 2 N–H and O–H groups in total. The van der Waals surface area contributed by atoms with Crippen molar-refractivity contribution >= 4 is 23.2 Å². The SMILES string of the molecule is O=C(CCC1CCCCO1)NCc1nc(C(=O)O)cs1. The third kappa shape index (κ3) is 4.57. The van der Waals surface area contributed by atoms with Crippen LogP contribution in [-0.2, 0) is 16.1 Å². The van der Waals surface area contributed by atoms with E-state index in [2.05, 4.69) is 10.3 Å². The van der Waals surface area contributed by atoms with Gasteiger partial charge in [0.15, 0.2) is 5.69 Å². The van der Waals surface area contributed by atoms with Gasteiger partial charge in [-0.15, -0.1) is 11.3 Å². The highest BCUT2D eigenvalue weighted by atomic mass is 32.1. The number of aromatic nitrogens is 1. The molecule has 0 aliphatic carbocycles. The number of thiazole rings is 1. The quantitative estimate of drug-likeness (QED) is 0.836. The van der Waals surface area contributed by atoms with Crippen molar-refractivity contribution in [2.45, 2.75) is 44.8 Å². The number of nitrogens with zero attached hydrogens (tertiary/aromatic N) is 1. The first-order chi connectivity index (χ1) is 9.65. The number of aromatic carboxylic acids is 1. The van der Waals surface area contributed by atoms with Crippen LogP contribution in [0.5, 0.6) is 0 Å². The highest BCUT2D eigenvalue weighted by Crippen LogP contribution is 2.17. The Morgan fingerprint density at radius 2 is 2.35 bits per heavy atom. The van der Waals surface area contributed by atoms with Crippen LogP contribution in [0.2, 0.25) is 0 Å². The van der Waals surface area contributed by atoms with E-state index in [1.165, 1.54) is 23.1 Å². The van der Waals surface area contributed by atoms with Crippen LogP contribution < -0.4 is 5.32 Å². The van der Waals surface area contributed by atoms with Gasteiger partial charge in [-0.3, -0.25) is 4.79 Å². The second-order valence-corrected chi connectivity index (χ2v) is 5.68. The van der Waals surface area contributed by atoms with Gasteiger partial charge in [-0.1, -0.05) is 0 Å². The fourth-order valence-corrected chi connectivity index (χ4v) is 2.79. The zero-order valence-electron chi connectivity index (χ0n) is 11.1. The van der Waals surface area contributed by atoms with Crippen molar-refractivity contribution in [2.75, 3.05) is 6.61 Å². The molecule has 0 aromatic carbocycles. The van der Waals surface area contributed by atoms with Crippen molar-refractivity contribution < 1.29 is 19.4 Å². The van der Waals surface area contributed by atoms with Gasteiger partial charge in [0.25, 0.3) is 0 Å². The average Bonchev–Trinajstić information content (AvgIpc) is 2.93. The predicted octanol–water partition coefficient (Wildman–Crippen LogP) is 1.81. The van der Waals surface area contributed by atoms with Crippen LogP contribution >= 0.6 is 11.3 Å². The molecule has 1 saturated heterocycles. The van der Waals surface area contributed by atoms with Crippen LogP contribution in [0.4, 0.5) is 0 Å². The first-order valence-corrected chi connectivity index (χ1v) is 7.59. The molecule has 0 radical (unpaired) electrons. The smallest absolute Gasteiger partial charge is 0.355 e.